The fourth-order valence-electron chi connectivity index (χ4n) is 1.81. The molecule has 0 N–H and O–H groups in total. The molecule has 0 saturated carbocycles. The highest BCUT2D eigenvalue weighted by atomic mass is 79.9. The average molecular weight is 321 g/mol. The van der Waals surface area contributed by atoms with Crippen molar-refractivity contribution < 1.29 is 4.92 Å². The lowest BCUT2D eigenvalue weighted by Gasteiger charge is -2.03. The Morgan fingerprint density at radius 2 is 2.26 bits per heavy atom. The van der Waals surface area contributed by atoms with Crippen molar-refractivity contribution in [2.24, 2.45) is 5.92 Å². The fourth-order valence-corrected chi connectivity index (χ4v) is 2.17. The summed E-state index contributed by atoms with van der Waals surface area (Å²) in [6, 6.07) is 1.56. The molecule has 0 aromatic carbocycles. The van der Waals surface area contributed by atoms with E-state index in [9.17, 15) is 10.1 Å². The van der Waals surface area contributed by atoms with Gasteiger partial charge in [0.05, 0.1) is 4.92 Å². The van der Waals surface area contributed by atoms with Crippen molar-refractivity contribution in [3.63, 3.8) is 0 Å². The molecule has 1 atom stereocenters. The predicted octanol–water partition coefficient (Wildman–Crippen LogP) is 3.98. The SMILES string of the molecule is CC1C=CC=C(Cc2cnc(Br)c([N+](=O)[O-])c2)C=C1. The van der Waals surface area contributed by atoms with Crippen molar-refractivity contribution in [1.29, 1.82) is 0 Å². The Morgan fingerprint density at radius 1 is 1.47 bits per heavy atom. The standard InChI is InChI=1S/C14H13BrN2O2/c1-10-3-2-4-11(6-5-10)7-12-8-13(17(18)19)14(15)16-9-12/h2-6,8-10H,7H2,1H3. The zero-order valence-electron chi connectivity index (χ0n) is 10.4. The van der Waals surface area contributed by atoms with Gasteiger partial charge in [-0.05, 0) is 39.4 Å². The minimum absolute atomic E-state index is 0.000360. The van der Waals surface area contributed by atoms with Gasteiger partial charge in [0.2, 0.25) is 0 Å². The van der Waals surface area contributed by atoms with Crippen LogP contribution < -0.4 is 0 Å². The normalized spacial score (nSPS) is 18.0. The lowest BCUT2D eigenvalue weighted by molar-refractivity contribution is -0.386. The number of hydrogen-bond donors (Lipinski definition) is 0. The maximum atomic E-state index is 10.9. The van der Waals surface area contributed by atoms with E-state index in [2.05, 4.69) is 46.1 Å². The summed E-state index contributed by atoms with van der Waals surface area (Å²) in [7, 11) is 0. The van der Waals surface area contributed by atoms with Crippen molar-refractivity contribution in [1.82, 2.24) is 4.98 Å². The van der Waals surface area contributed by atoms with Crippen molar-refractivity contribution in [2.45, 2.75) is 13.3 Å². The highest BCUT2D eigenvalue weighted by Crippen LogP contribution is 2.24. The Bertz CT molecular complexity index is 591. The third-order valence-electron chi connectivity index (χ3n) is 2.82. The van der Waals surface area contributed by atoms with Gasteiger partial charge in [0, 0.05) is 12.3 Å². The summed E-state index contributed by atoms with van der Waals surface area (Å²) < 4.78 is 0.264. The van der Waals surface area contributed by atoms with E-state index >= 15 is 0 Å². The van der Waals surface area contributed by atoms with Gasteiger partial charge in [-0.3, -0.25) is 10.1 Å². The van der Waals surface area contributed by atoms with E-state index in [-0.39, 0.29) is 10.3 Å². The van der Waals surface area contributed by atoms with E-state index < -0.39 is 4.92 Å². The van der Waals surface area contributed by atoms with Crippen LogP contribution in [0.4, 0.5) is 5.69 Å². The highest BCUT2D eigenvalue weighted by Gasteiger charge is 2.14. The molecule has 1 aromatic heterocycles. The second kappa shape index (κ2) is 5.93. The molecule has 0 fully saturated rings. The summed E-state index contributed by atoms with van der Waals surface area (Å²) in [5.74, 6) is 0.408. The molecule has 0 radical (unpaired) electrons. The van der Waals surface area contributed by atoms with Gasteiger partial charge in [-0.1, -0.05) is 37.3 Å². The Kier molecular flexibility index (Phi) is 4.27. The fraction of sp³-hybridized carbons (Fsp3) is 0.214. The van der Waals surface area contributed by atoms with Crippen LogP contribution in [0, 0.1) is 16.0 Å². The first-order valence-electron chi connectivity index (χ1n) is 5.90. The van der Waals surface area contributed by atoms with E-state index in [0.717, 1.165) is 11.1 Å². The molecule has 1 aliphatic carbocycles. The Labute approximate surface area is 119 Å². The van der Waals surface area contributed by atoms with E-state index in [4.69, 9.17) is 0 Å². The monoisotopic (exact) mass is 320 g/mol. The Morgan fingerprint density at radius 3 is 3.00 bits per heavy atom. The molecule has 1 aliphatic rings. The molecule has 0 spiro atoms. The number of nitrogens with zero attached hydrogens (tertiary/aromatic N) is 2. The molecule has 0 amide bonds. The molecular weight excluding hydrogens is 308 g/mol. The molecule has 1 heterocycles. The summed E-state index contributed by atoms with van der Waals surface area (Å²) in [5, 5.41) is 10.9. The van der Waals surface area contributed by atoms with E-state index in [1.807, 2.05) is 12.2 Å². The molecule has 1 unspecified atom stereocenters. The maximum absolute atomic E-state index is 10.9. The van der Waals surface area contributed by atoms with Gasteiger partial charge in [-0.2, -0.15) is 0 Å². The molecule has 0 aliphatic heterocycles. The summed E-state index contributed by atoms with van der Waals surface area (Å²) in [4.78, 5) is 14.4. The van der Waals surface area contributed by atoms with Crippen LogP contribution in [-0.2, 0) is 6.42 Å². The van der Waals surface area contributed by atoms with Gasteiger partial charge in [-0.15, -0.1) is 0 Å². The lowest BCUT2D eigenvalue weighted by Crippen LogP contribution is -1.96. The van der Waals surface area contributed by atoms with Crippen molar-refractivity contribution >= 4 is 21.6 Å². The molecule has 19 heavy (non-hydrogen) atoms. The number of nitro groups is 1. The summed E-state index contributed by atoms with van der Waals surface area (Å²) in [5.41, 5.74) is 1.94. The third kappa shape index (κ3) is 3.61. The van der Waals surface area contributed by atoms with Crippen LogP contribution in [0.15, 0.2) is 52.8 Å². The van der Waals surface area contributed by atoms with Crippen LogP contribution in [0.2, 0.25) is 0 Å². The smallest absolute Gasteiger partial charge is 0.258 e. The van der Waals surface area contributed by atoms with Crippen LogP contribution in [-0.4, -0.2) is 9.91 Å². The molecule has 5 heteroatoms. The molecular formula is C14H13BrN2O2. The minimum atomic E-state index is -0.431. The zero-order chi connectivity index (χ0) is 13.8. The van der Waals surface area contributed by atoms with Gasteiger partial charge < -0.3 is 0 Å². The number of hydrogen-bond acceptors (Lipinski definition) is 3. The minimum Gasteiger partial charge on any atom is -0.258 e. The number of halogens is 1. The summed E-state index contributed by atoms with van der Waals surface area (Å²) >= 11 is 3.08. The topological polar surface area (TPSA) is 56.0 Å². The first kappa shape index (κ1) is 13.7. The molecule has 98 valence electrons. The van der Waals surface area contributed by atoms with Gasteiger partial charge in [0.1, 0.15) is 0 Å². The van der Waals surface area contributed by atoms with Crippen LogP contribution in [0.1, 0.15) is 12.5 Å². The Hall–Kier alpha value is -1.75. The average Bonchev–Trinajstić information content (AvgIpc) is 2.56. The van der Waals surface area contributed by atoms with Gasteiger partial charge in [0.25, 0.3) is 0 Å². The predicted molar refractivity (Wildman–Crippen MR) is 77.8 cm³/mol. The molecule has 1 aromatic rings. The van der Waals surface area contributed by atoms with Gasteiger partial charge >= 0.3 is 5.69 Å². The van der Waals surface area contributed by atoms with Crippen LogP contribution in [0.5, 0.6) is 0 Å². The third-order valence-corrected chi connectivity index (χ3v) is 3.43. The van der Waals surface area contributed by atoms with E-state index in [1.54, 1.807) is 12.3 Å². The van der Waals surface area contributed by atoms with Crippen molar-refractivity contribution in [2.75, 3.05) is 0 Å². The van der Waals surface area contributed by atoms with E-state index in [0.29, 0.717) is 12.3 Å². The van der Waals surface area contributed by atoms with Gasteiger partial charge in [0.15, 0.2) is 4.60 Å². The van der Waals surface area contributed by atoms with E-state index in [1.165, 1.54) is 0 Å². The second-order valence-corrected chi connectivity index (χ2v) is 5.18. The molecule has 0 saturated heterocycles. The molecule has 2 rings (SSSR count). The Balaban J connectivity index is 2.22. The van der Waals surface area contributed by atoms with Crippen molar-refractivity contribution in [3.05, 3.63) is 68.5 Å². The van der Waals surface area contributed by atoms with Gasteiger partial charge in [-0.25, -0.2) is 4.98 Å². The van der Waals surface area contributed by atoms with Crippen LogP contribution in [0.3, 0.4) is 0 Å². The quantitative estimate of drug-likeness (QED) is 0.481. The van der Waals surface area contributed by atoms with Crippen LogP contribution in [0.25, 0.3) is 0 Å². The first-order valence-corrected chi connectivity index (χ1v) is 6.70. The number of allylic oxidation sites excluding steroid dienone is 6. The molecule has 4 nitrogen and oxygen atoms in total. The lowest BCUT2D eigenvalue weighted by atomic mass is 10.1. The molecule has 0 bridgehead atoms. The summed E-state index contributed by atoms with van der Waals surface area (Å²) in [6.07, 6.45) is 12.6. The number of rotatable bonds is 3. The zero-order valence-corrected chi connectivity index (χ0v) is 12.0. The second-order valence-electron chi connectivity index (χ2n) is 4.43. The maximum Gasteiger partial charge on any atom is 0.302 e. The van der Waals surface area contributed by atoms with Crippen LogP contribution >= 0.6 is 15.9 Å². The first-order chi connectivity index (χ1) is 9.06. The highest BCUT2D eigenvalue weighted by molar-refractivity contribution is 9.10. The van der Waals surface area contributed by atoms with Crippen molar-refractivity contribution in [3.8, 4) is 0 Å². The number of aromatic nitrogens is 1. The summed E-state index contributed by atoms with van der Waals surface area (Å²) in [6.45, 7) is 2.11. The number of pyridine rings is 1. The largest absolute Gasteiger partial charge is 0.302 e.